The van der Waals surface area contributed by atoms with E-state index in [2.05, 4.69) is 0 Å². The first-order valence-corrected chi connectivity index (χ1v) is 6.22. The van der Waals surface area contributed by atoms with E-state index < -0.39 is 11.6 Å². The van der Waals surface area contributed by atoms with Gasteiger partial charge < -0.3 is 0 Å². The van der Waals surface area contributed by atoms with Crippen LogP contribution in [0.1, 0.15) is 16.5 Å². The molecule has 2 rings (SSSR count). The second-order valence-electron chi connectivity index (χ2n) is 3.94. The Balaban J connectivity index is 2.19. The van der Waals surface area contributed by atoms with Gasteiger partial charge in [0.05, 0.1) is 5.38 Å². The molecule has 0 radical (unpaired) electrons. The highest BCUT2D eigenvalue weighted by Crippen LogP contribution is 2.30. The normalized spacial score (nSPS) is 12.4. The molecule has 0 aliphatic rings. The molecule has 0 heterocycles. The third kappa shape index (κ3) is 3.01. The van der Waals surface area contributed by atoms with Gasteiger partial charge in [-0.2, -0.15) is 0 Å². The van der Waals surface area contributed by atoms with Crippen LogP contribution in [-0.2, 0) is 6.42 Å². The Kier molecular flexibility index (Phi) is 4.20. The van der Waals surface area contributed by atoms with Crippen LogP contribution in [0, 0.1) is 11.6 Å². The molecule has 0 amide bonds. The van der Waals surface area contributed by atoms with Crippen LogP contribution in [0.4, 0.5) is 8.78 Å². The van der Waals surface area contributed by atoms with Gasteiger partial charge >= 0.3 is 0 Å². The fourth-order valence-corrected chi connectivity index (χ4v) is 2.40. The quantitative estimate of drug-likeness (QED) is 0.685. The number of alkyl halides is 1. The molecular formula is C14H10Cl2F2. The minimum atomic E-state index is -0.865. The van der Waals surface area contributed by atoms with E-state index in [-0.39, 0.29) is 5.38 Å². The predicted octanol–water partition coefficient (Wildman–Crippen LogP) is 5.14. The van der Waals surface area contributed by atoms with Crippen LogP contribution in [0.25, 0.3) is 0 Å². The van der Waals surface area contributed by atoms with E-state index in [1.54, 1.807) is 6.07 Å². The van der Waals surface area contributed by atoms with Gasteiger partial charge in [0.25, 0.3) is 0 Å². The molecule has 1 unspecified atom stereocenters. The lowest BCUT2D eigenvalue weighted by molar-refractivity contribution is 0.507. The van der Waals surface area contributed by atoms with Crippen LogP contribution >= 0.6 is 23.2 Å². The van der Waals surface area contributed by atoms with E-state index in [0.29, 0.717) is 17.0 Å². The van der Waals surface area contributed by atoms with Crippen molar-refractivity contribution in [3.05, 3.63) is 70.2 Å². The molecule has 0 nitrogen and oxygen atoms in total. The number of rotatable bonds is 3. The van der Waals surface area contributed by atoms with Crippen LogP contribution in [0.15, 0.2) is 42.5 Å². The zero-order valence-corrected chi connectivity index (χ0v) is 10.8. The lowest BCUT2D eigenvalue weighted by Gasteiger charge is -2.11. The van der Waals surface area contributed by atoms with Gasteiger partial charge in [-0.25, -0.2) is 8.78 Å². The summed E-state index contributed by atoms with van der Waals surface area (Å²) in [4.78, 5) is 0. The maximum atomic E-state index is 13.1. The van der Waals surface area contributed by atoms with Crippen molar-refractivity contribution in [2.75, 3.05) is 0 Å². The third-order valence-corrected chi connectivity index (χ3v) is 3.38. The van der Waals surface area contributed by atoms with Crippen molar-refractivity contribution >= 4 is 23.2 Å². The number of hydrogen-bond donors (Lipinski definition) is 0. The van der Waals surface area contributed by atoms with E-state index in [4.69, 9.17) is 23.2 Å². The Bertz CT molecular complexity index is 555. The Labute approximate surface area is 114 Å². The molecule has 0 spiro atoms. The minimum Gasteiger partial charge on any atom is -0.204 e. The first kappa shape index (κ1) is 13.3. The fourth-order valence-electron chi connectivity index (χ4n) is 1.71. The monoisotopic (exact) mass is 286 g/mol. The van der Waals surface area contributed by atoms with Gasteiger partial charge in [0, 0.05) is 5.02 Å². The summed E-state index contributed by atoms with van der Waals surface area (Å²) in [5.41, 5.74) is 1.42. The molecule has 0 aliphatic carbocycles. The highest BCUT2D eigenvalue weighted by molar-refractivity contribution is 6.32. The summed E-state index contributed by atoms with van der Waals surface area (Å²) in [6.45, 7) is 0. The van der Waals surface area contributed by atoms with Gasteiger partial charge in [-0.15, -0.1) is 11.6 Å². The van der Waals surface area contributed by atoms with Gasteiger partial charge in [0.1, 0.15) is 0 Å². The molecule has 0 fully saturated rings. The predicted molar refractivity (Wildman–Crippen MR) is 70.1 cm³/mol. The van der Waals surface area contributed by atoms with Crippen molar-refractivity contribution in [1.29, 1.82) is 0 Å². The second-order valence-corrected chi connectivity index (χ2v) is 4.88. The summed E-state index contributed by atoms with van der Waals surface area (Å²) in [6, 6.07) is 11.0. The topological polar surface area (TPSA) is 0 Å². The van der Waals surface area contributed by atoms with Crippen LogP contribution < -0.4 is 0 Å². The first-order valence-electron chi connectivity index (χ1n) is 5.40. The van der Waals surface area contributed by atoms with Crippen molar-refractivity contribution in [2.45, 2.75) is 11.8 Å². The maximum Gasteiger partial charge on any atom is 0.159 e. The Morgan fingerprint density at radius 2 is 1.72 bits per heavy atom. The molecule has 18 heavy (non-hydrogen) atoms. The maximum absolute atomic E-state index is 13.1. The number of benzene rings is 2. The van der Waals surface area contributed by atoms with E-state index in [1.807, 2.05) is 18.2 Å². The van der Waals surface area contributed by atoms with Gasteiger partial charge in [0.2, 0.25) is 0 Å². The van der Waals surface area contributed by atoms with E-state index in [9.17, 15) is 8.78 Å². The molecule has 2 aromatic carbocycles. The van der Waals surface area contributed by atoms with Crippen LogP contribution in [-0.4, -0.2) is 0 Å². The molecule has 94 valence electrons. The highest BCUT2D eigenvalue weighted by atomic mass is 35.5. The largest absolute Gasteiger partial charge is 0.204 e. The molecule has 0 aromatic heterocycles. The molecule has 0 N–H and O–H groups in total. The second kappa shape index (κ2) is 5.68. The summed E-state index contributed by atoms with van der Waals surface area (Å²) >= 11 is 12.3. The van der Waals surface area contributed by atoms with Gasteiger partial charge in [-0.3, -0.25) is 0 Å². The summed E-state index contributed by atoms with van der Waals surface area (Å²) < 4.78 is 25.9. The molecule has 0 saturated carbocycles. The number of hydrogen-bond acceptors (Lipinski definition) is 0. The van der Waals surface area contributed by atoms with Crippen molar-refractivity contribution in [1.82, 2.24) is 0 Å². The fraction of sp³-hybridized carbons (Fsp3) is 0.143. The molecular weight excluding hydrogens is 277 g/mol. The highest BCUT2D eigenvalue weighted by Gasteiger charge is 2.13. The average Bonchev–Trinajstić information content (AvgIpc) is 2.34. The number of halogens is 4. The smallest absolute Gasteiger partial charge is 0.159 e. The van der Waals surface area contributed by atoms with Gasteiger partial charge in [-0.05, 0) is 35.7 Å². The molecule has 0 saturated heterocycles. The zero-order chi connectivity index (χ0) is 13.1. The lowest BCUT2D eigenvalue weighted by atomic mass is 10.0. The molecule has 0 bridgehead atoms. The third-order valence-electron chi connectivity index (χ3n) is 2.64. The van der Waals surface area contributed by atoms with E-state index in [0.717, 1.165) is 17.7 Å². The molecule has 2 aromatic rings. The zero-order valence-electron chi connectivity index (χ0n) is 9.34. The summed E-state index contributed by atoms with van der Waals surface area (Å²) in [5, 5.41) is 0.198. The van der Waals surface area contributed by atoms with Crippen molar-refractivity contribution in [3.8, 4) is 0 Å². The molecule has 4 heteroatoms. The standard InChI is InChI=1S/C14H10Cl2F2/c15-11-4-2-1-3-10(11)12(16)7-9-5-6-13(17)14(18)8-9/h1-6,8,12H,7H2. The Morgan fingerprint density at radius 1 is 1.00 bits per heavy atom. The van der Waals surface area contributed by atoms with Crippen molar-refractivity contribution in [2.24, 2.45) is 0 Å². The van der Waals surface area contributed by atoms with Crippen LogP contribution in [0.2, 0.25) is 5.02 Å². The SMILES string of the molecule is Fc1ccc(CC(Cl)c2ccccc2Cl)cc1F. The van der Waals surface area contributed by atoms with Crippen LogP contribution in [0.5, 0.6) is 0 Å². The van der Waals surface area contributed by atoms with Crippen LogP contribution in [0.3, 0.4) is 0 Å². The van der Waals surface area contributed by atoms with Gasteiger partial charge in [0.15, 0.2) is 11.6 Å². The molecule has 1 atom stereocenters. The lowest BCUT2D eigenvalue weighted by Crippen LogP contribution is -1.98. The first-order chi connectivity index (χ1) is 8.58. The summed E-state index contributed by atoms with van der Waals surface area (Å²) in [5.74, 6) is -1.72. The Hall–Kier alpha value is -1.12. The van der Waals surface area contributed by atoms with E-state index in [1.165, 1.54) is 6.07 Å². The average molecular weight is 287 g/mol. The van der Waals surface area contributed by atoms with E-state index >= 15 is 0 Å². The van der Waals surface area contributed by atoms with Gasteiger partial charge in [-0.1, -0.05) is 35.9 Å². The Morgan fingerprint density at radius 3 is 2.39 bits per heavy atom. The summed E-state index contributed by atoms with van der Waals surface area (Å²) in [6.07, 6.45) is 0.391. The van der Waals surface area contributed by atoms with Crippen molar-refractivity contribution in [3.63, 3.8) is 0 Å². The minimum absolute atomic E-state index is 0.372. The summed E-state index contributed by atoms with van der Waals surface area (Å²) in [7, 11) is 0. The van der Waals surface area contributed by atoms with Crippen molar-refractivity contribution < 1.29 is 8.78 Å². The molecule has 0 aliphatic heterocycles.